The van der Waals surface area contributed by atoms with E-state index in [1.165, 1.54) is 0 Å². The van der Waals surface area contributed by atoms with Crippen LogP contribution in [0.15, 0.2) is 18.2 Å². The summed E-state index contributed by atoms with van der Waals surface area (Å²) in [6, 6.07) is 5.82. The average Bonchev–Trinajstić information content (AvgIpc) is 2.18. The van der Waals surface area contributed by atoms with Crippen LogP contribution in [0, 0.1) is 5.92 Å². The first kappa shape index (κ1) is 13.3. The molecule has 90 valence electrons. The number of benzene rings is 1. The predicted molar refractivity (Wildman–Crippen MR) is 69.1 cm³/mol. The molecule has 0 bridgehead atoms. The summed E-state index contributed by atoms with van der Waals surface area (Å²) in [5.74, 6) is 1.36. The standard InChI is InChI=1S/C13H20ClNO/c1-9(2)8-16-13-6-4-5-12(14)11(13)7-10(3)15/h4-6,9-10H,7-8,15H2,1-3H3. The molecule has 0 saturated heterocycles. The van der Waals surface area contributed by atoms with Gasteiger partial charge in [0.1, 0.15) is 5.75 Å². The highest BCUT2D eigenvalue weighted by Crippen LogP contribution is 2.27. The van der Waals surface area contributed by atoms with Crippen molar-refractivity contribution in [2.24, 2.45) is 11.7 Å². The second kappa shape index (κ2) is 6.12. The van der Waals surface area contributed by atoms with E-state index in [9.17, 15) is 0 Å². The van der Waals surface area contributed by atoms with Gasteiger partial charge >= 0.3 is 0 Å². The predicted octanol–water partition coefficient (Wildman–Crippen LogP) is 3.26. The van der Waals surface area contributed by atoms with Gasteiger partial charge in [-0.15, -0.1) is 0 Å². The molecule has 2 nitrogen and oxygen atoms in total. The molecule has 1 aromatic rings. The van der Waals surface area contributed by atoms with E-state index in [4.69, 9.17) is 22.1 Å². The smallest absolute Gasteiger partial charge is 0.124 e. The van der Waals surface area contributed by atoms with Crippen LogP contribution in [-0.4, -0.2) is 12.6 Å². The molecular weight excluding hydrogens is 222 g/mol. The van der Waals surface area contributed by atoms with Crippen molar-refractivity contribution in [3.63, 3.8) is 0 Å². The normalized spacial score (nSPS) is 12.9. The molecule has 0 fully saturated rings. The quantitative estimate of drug-likeness (QED) is 0.859. The van der Waals surface area contributed by atoms with Crippen LogP contribution in [0.4, 0.5) is 0 Å². The lowest BCUT2D eigenvalue weighted by Gasteiger charge is -2.15. The molecule has 0 amide bonds. The fourth-order valence-corrected chi connectivity index (χ4v) is 1.69. The third-order valence-corrected chi connectivity index (χ3v) is 2.53. The summed E-state index contributed by atoms with van der Waals surface area (Å²) in [6.07, 6.45) is 0.743. The van der Waals surface area contributed by atoms with Crippen molar-refractivity contribution in [1.82, 2.24) is 0 Å². The topological polar surface area (TPSA) is 35.2 Å². The van der Waals surface area contributed by atoms with E-state index in [2.05, 4.69) is 13.8 Å². The van der Waals surface area contributed by atoms with E-state index in [1.807, 2.05) is 25.1 Å². The first-order chi connectivity index (χ1) is 7.50. The first-order valence-corrected chi connectivity index (χ1v) is 6.04. The Morgan fingerprint density at radius 2 is 2.00 bits per heavy atom. The van der Waals surface area contributed by atoms with Crippen molar-refractivity contribution < 1.29 is 4.74 Å². The molecule has 0 spiro atoms. The summed E-state index contributed by atoms with van der Waals surface area (Å²) in [4.78, 5) is 0. The maximum Gasteiger partial charge on any atom is 0.124 e. The average molecular weight is 242 g/mol. The molecule has 1 unspecified atom stereocenters. The largest absolute Gasteiger partial charge is 0.493 e. The van der Waals surface area contributed by atoms with E-state index in [0.29, 0.717) is 12.5 Å². The zero-order valence-electron chi connectivity index (χ0n) is 10.2. The first-order valence-electron chi connectivity index (χ1n) is 5.66. The molecule has 1 rings (SSSR count). The van der Waals surface area contributed by atoms with Gasteiger partial charge in [0.25, 0.3) is 0 Å². The van der Waals surface area contributed by atoms with Crippen LogP contribution in [0.1, 0.15) is 26.3 Å². The van der Waals surface area contributed by atoms with E-state index >= 15 is 0 Å². The summed E-state index contributed by atoms with van der Waals surface area (Å²) in [7, 11) is 0. The zero-order chi connectivity index (χ0) is 12.1. The number of hydrogen-bond acceptors (Lipinski definition) is 2. The van der Waals surface area contributed by atoms with Gasteiger partial charge in [-0.25, -0.2) is 0 Å². The Hall–Kier alpha value is -0.730. The number of hydrogen-bond donors (Lipinski definition) is 1. The maximum absolute atomic E-state index is 6.15. The molecule has 0 heterocycles. The fourth-order valence-electron chi connectivity index (χ4n) is 1.45. The van der Waals surface area contributed by atoms with Crippen LogP contribution in [0.25, 0.3) is 0 Å². The Kier molecular flexibility index (Phi) is 5.10. The van der Waals surface area contributed by atoms with Gasteiger partial charge in [0.2, 0.25) is 0 Å². The second-order valence-electron chi connectivity index (χ2n) is 4.60. The van der Waals surface area contributed by atoms with Crippen molar-refractivity contribution in [2.75, 3.05) is 6.61 Å². The molecule has 0 aliphatic carbocycles. The monoisotopic (exact) mass is 241 g/mol. The molecule has 1 atom stereocenters. The molecule has 0 aliphatic rings. The van der Waals surface area contributed by atoms with Gasteiger partial charge in [0.15, 0.2) is 0 Å². The van der Waals surface area contributed by atoms with Gasteiger partial charge < -0.3 is 10.5 Å². The van der Waals surface area contributed by atoms with Crippen LogP contribution in [0.5, 0.6) is 5.75 Å². The summed E-state index contributed by atoms with van der Waals surface area (Å²) in [5.41, 5.74) is 6.82. The number of ether oxygens (including phenoxy) is 1. The summed E-state index contributed by atoms with van der Waals surface area (Å²) < 4.78 is 5.74. The van der Waals surface area contributed by atoms with Crippen molar-refractivity contribution >= 4 is 11.6 Å². The van der Waals surface area contributed by atoms with Crippen molar-refractivity contribution in [2.45, 2.75) is 33.2 Å². The van der Waals surface area contributed by atoms with Crippen molar-refractivity contribution in [1.29, 1.82) is 0 Å². The Balaban J connectivity index is 2.85. The van der Waals surface area contributed by atoms with Gasteiger partial charge in [-0.3, -0.25) is 0 Å². The minimum absolute atomic E-state index is 0.0845. The lowest BCUT2D eigenvalue weighted by Crippen LogP contribution is -2.19. The van der Waals surface area contributed by atoms with Crippen LogP contribution in [0.3, 0.4) is 0 Å². The van der Waals surface area contributed by atoms with Crippen LogP contribution < -0.4 is 10.5 Å². The molecule has 3 heteroatoms. The summed E-state index contributed by atoms with van der Waals surface area (Å²) in [5, 5.41) is 0.735. The van der Waals surface area contributed by atoms with E-state index in [0.717, 1.165) is 22.8 Å². The fraction of sp³-hybridized carbons (Fsp3) is 0.538. The van der Waals surface area contributed by atoms with Crippen LogP contribution in [0.2, 0.25) is 5.02 Å². The molecular formula is C13H20ClNO. The minimum atomic E-state index is 0.0845. The van der Waals surface area contributed by atoms with E-state index in [-0.39, 0.29) is 6.04 Å². The highest BCUT2D eigenvalue weighted by atomic mass is 35.5. The Labute approximate surface area is 103 Å². The lowest BCUT2D eigenvalue weighted by atomic mass is 10.1. The Morgan fingerprint density at radius 1 is 1.31 bits per heavy atom. The SMILES string of the molecule is CC(C)COc1cccc(Cl)c1CC(C)N. The number of nitrogens with two attached hydrogens (primary N) is 1. The molecule has 0 aliphatic heterocycles. The van der Waals surface area contributed by atoms with Crippen LogP contribution in [-0.2, 0) is 6.42 Å². The maximum atomic E-state index is 6.15. The summed E-state index contributed by atoms with van der Waals surface area (Å²) in [6.45, 7) is 6.91. The number of rotatable bonds is 5. The van der Waals surface area contributed by atoms with E-state index < -0.39 is 0 Å². The second-order valence-corrected chi connectivity index (χ2v) is 5.01. The zero-order valence-corrected chi connectivity index (χ0v) is 10.9. The highest BCUT2D eigenvalue weighted by Gasteiger charge is 2.10. The molecule has 1 aromatic carbocycles. The van der Waals surface area contributed by atoms with Crippen LogP contribution >= 0.6 is 11.6 Å². The molecule has 2 N–H and O–H groups in total. The van der Waals surface area contributed by atoms with Gasteiger partial charge in [0, 0.05) is 16.6 Å². The third-order valence-electron chi connectivity index (χ3n) is 2.17. The van der Waals surface area contributed by atoms with Gasteiger partial charge in [-0.2, -0.15) is 0 Å². The molecule has 0 radical (unpaired) electrons. The molecule has 16 heavy (non-hydrogen) atoms. The Bertz CT molecular complexity index is 337. The highest BCUT2D eigenvalue weighted by molar-refractivity contribution is 6.31. The lowest BCUT2D eigenvalue weighted by molar-refractivity contribution is 0.268. The van der Waals surface area contributed by atoms with E-state index in [1.54, 1.807) is 0 Å². The van der Waals surface area contributed by atoms with Crippen molar-refractivity contribution in [3.05, 3.63) is 28.8 Å². The molecule has 0 saturated carbocycles. The van der Waals surface area contributed by atoms with Crippen molar-refractivity contribution in [3.8, 4) is 5.75 Å². The minimum Gasteiger partial charge on any atom is -0.493 e. The molecule has 0 aromatic heterocycles. The third kappa shape index (κ3) is 4.03. The summed E-state index contributed by atoms with van der Waals surface area (Å²) >= 11 is 6.15. The van der Waals surface area contributed by atoms with Gasteiger partial charge in [0.05, 0.1) is 6.61 Å². The number of halogens is 1. The van der Waals surface area contributed by atoms with Gasteiger partial charge in [-0.05, 0) is 31.4 Å². The van der Waals surface area contributed by atoms with Gasteiger partial charge in [-0.1, -0.05) is 31.5 Å². The Morgan fingerprint density at radius 3 is 2.56 bits per heavy atom.